The fourth-order valence-corrected chi connectivity index (χ4v) is 3.85. The molecule has 6 heteroatoms. The second-order valence-corrected chi connectivity index (χ2v) is 6.68. The highest BCUT2D eigenvalue weighted by Gasteiger charge is 2.48. The molecule has 1 saturated carbocycles. The fraction of sp³-hybridized carbons (Fsp3) is 0.412. The Labute approximate surface area is 136 Å². The maximum atomic E-state index is 13.2. The van der Waals surface area contributed by atoms with Crippen molar-refractivity contribution in [1.29, 1.82) is 0 Å². The molecule has 2 aliphatic carbocycles. The third-order valence-corrected chi connectivity index (χ3v) is 4.98. The smallest absolute Gasteiger partial charge is 0.222 e. The summed E-state index contributed by atoms with van der Waals surface area (Å²) in [4.78, 5) is 8.58. The van der Waals surface area contributed by atoms with E-state index in [9.17, 15) is 13.2 Å². The number of alkyl halides is 2. The van der Waals surface area contributed by atoms with Crippen LogP contribution >= 0.6 is 11.6 Å². The lowest BCUT2D eigenvalue weighted by molar-refractivity contribution is -0.0877. The molecule has 0 bridgehead atoms. The molecule has 1 aromatic heterocycles. The molecule has 0 radical (unpaired) electrons. The predicted octanol–water partition coefficient (Wildman–Crippen LogP) is 4.86. The molecule has 0 saturated heterocycles. The highest BCUT2D eigenvalue weighted by molar-refractivity contribution is 6.28. The Morgan fingerprint density at radius 1 is 1.04 bits per heavy atom. The maximum absolute atomic E-state index is 13.2. The average Bonchev–Trinajstić information content (AvgIpc) is 2.88. The number of hydrogen-bond donors (Lipinski definition) is 0. The van der Waals surface area contributed by atoms with Gasteiger partial charge in [-0.15, -0.1) is 0 Å². The molecule has 120 valence electrons. The lowest BCUT2D eigenvalue weighted by Crippen LogP contribution is -2.34. The van der Waals surface area contributed by atoms with Crippen LogP contribution in [0.3, 0.4) is 0 Å². The number of aromatic nitrogens is 2. The van der Waals surface area contributed by atoms with Crippen molar-refractivity contribution in [2.24, 2.45) is 0 Å². The zero-order valence-electron chi connectivity index (χ0n) is 12.2. The number of benzene rings is 1. The van der Waals surface area contributed by atoms with E-state index in [0.29, 0.717) is 5.69 Å². The largest absolute Gasteiger partial charge is 0.249 e. The topological polar surface area (TPSA) is 25.8 Å². The highest BCUT2D eigenvalue weighted by atomic mass is 35.5. The van der Waals surface area contributed by atoms with Gasteiger partial charge in [0.15, 0.2) is 0 Å². The van der Waals surface area contributed by atoms with Gasteiger partial charge in [0.1, 0.15) is 5.82 Å². The van der Waals surface area contributed by atoms with Gasteiger partial charge in [-0.1, -0.05) is 12.1 Å². The van der Waals surface area contributed by atoms with Crippen LogP contribution in [0.2, 0.25) is 5.28 Å². The summed E-state index contributed by atoms with van der Waals surface area (Å²) in [6, 6.07) is 6.32. The van der Waals surface area contributed by atoms with E-state index >= 15 is 0 Å². The molecule has 1 aromatic carbocycles. The molecule has 1 heterocycles. The Kier molecular flexibility index (Phi) is 3.38. The van der Waals surface area contributed by atoms with Crippen molar-refractivity contribution in [3.63, 3.8) is 0 Å². The molecular formula is C17H14ClF3N2. The number of halogens is 4. The molecule has 2 aromatic rings. The number of hydrogen-bond acceptors (Lipinski definition) is 2. The van der Waals surface area contributed by atoms with Gasteiger partial charge in [0.2, 0.25) is 11.2 Å². The van der Waals surface area contributed by atoms with E-state index in [-0.39, 0.29) is 35.8 Å². The quantitative estimate of drug-likeness (QED) is 0.731. The van der Waals surface area contributed by atoms with Gasteiger partial charge in [-0.25, -0.2) is 23.1 Å². The normalized spacial score (nSPS) is 22.7. The van der Waals surface area contributed by atoms with Crippen molar-refractivity contribution in [2.45, 2.75) is 43.4 Å². The molecule has 1 atom stereocenters. The van der Waals surface area contributed by atoms with Crippen molar-refractivity contribution < 1.29 is 13.2 Å². The van der Waals surface area contributed by atoms with Gasteiger partial charge in [0.05, 0.1) is 11.4 Å². The lowest BCUT2D eigenvalue weighted by Gasteiger charge is -2.35. The number of fused-ring (bicyclic) bond motifs is 1. The van der Waals surface area contributed by atoms with Crippen molar-refractivity contribution in [2.75, 3.05) is 0 Å². The molecule has 0 spiro atoms. The second kappa shape index (κ2) is 5.20. The number of nitrogens with zero attached hydrogens (tertiary/aromatic N) is 2. The molecule has 0 N–H and O–H groups in total. The minimum atomic E-state index is -2.59. The summed E-state index contributed by atoms with van der Waals surface area (Å²) in [7, 11) is 0. The van der Waals surface area contributed by atoms with Crippen LogP contribution in [-0.2, 0) is 6.42 Å². The third kappa shape index (κ3) is 2.61. The van der Waals surface area contributed by atoms with Gasteiger partial charge in [0, 0.05) is 24.7 Å². The van der Waals surface area contributed by atoms with Crippen molar-refractivity contribution in [3.8, 4) is 0 Å². The summed E-state index contributed by atoms with van der Waals surface area (Å²) < 4.78 is 39.5. The van der Waals surface area contributed by atoms with Crippen LogP contribution in [0.5, 0.6) is 0 Å². The maximum Gasteiger partial charge on any atom is 0.249 e. The predicted molar refractivity (Wildman–Crippen MR) is 80.5 cm³/mol. The minimum Gasteiger partial charge on any atom is -0.222 e. The van der Waals surface area contributed by atoms with Crippen LogP contribution in [0.15, 0.2) is 24.3 Å². The van der Waals surface area contributed by atoms with Crippen LogP contribution in [-0.4, -0.2) is 15.9 Å². The van der Waals surface area contributed by atoms with E-state index in [4.69, 9.17) is 11.6 Å². The first kappa shape index (κ1) is 14.9. The molecule has 23 heavy (non-hydrogen) atoms. The van der Waals surface area contributed by atoms with Crippen LogP contribution in [0, 0.1) is 5.82 Å². The summed E-state index contributed by atoms with van der Waals surface area (Å²) >= 11 is 6.03. The van der Waals surface area contributed by atoms with Gasteiger partial charge in [0.25, 0.3) is 0 Å². The van der Waals surface area contributed by atoms with Crippen molar-refractivity contribution >= 4 is 11.6 Å². The van der Waals surface area contributed by atoms with E-state index in [2.05, 4.69) is 9.97 Å². The Bertz CT molecular complexity index is 753. The average molecular weight is 339 g/mol. The SMILES string of the molecule is Fc1ccc(C2CCc3c(C4CC(F)(F)C4)nc(Cl)nc32)cc1. The first-order chi connectivity index (χ1) is 10.9. The van der Waals surface area contributed by atoms with Gasteiger partial charge < -0.3 is 0 Å². The van der Waals surface area contributed by atoms with Crippen LogP contribution in [0.4, 0.5) is 13.2 Å². The fourth-order valence-electron chi connectivity index (χ4n) is 3.67. The Morgan fingerprint density at radius 2 is 1.70 bits per heavy atom. The monoisotopic (exact) mass is 338 g/mol. The summed E-state index contributed by atoms with van der Waals surface area (Å²) in [5, 5.41) is 0.1000. The molecule has 1 unspecified atom stereocenters. The van der Waals surface area contributed by atoms with E-state index in [1.807, 2.05) is 0 Å². The van der Waals surface area contributed by atoms with Gasteiger partial charge in [-0.05, 0) is 47.7 Å². The summed E-state index contributed by atoms with van der Waals surface area (Å²) in [6.45, 7) is 0. The molecule has 0 aliphatic heterocycles. The molecular weight excluding hydrogens is 325 g/mol. The van der Waals surface area contributed by atoms with Crippen molar-refractivity contribution in [3.05, 3.63) is 57.9 Å². The Morgan fingerprint density at radius 3 is 2.35 bits per heavy atom. The highest BCUT2D eigenvalue weighted by Crippen LogP contribution is 2.50. The van der Waals surface area contributed by atoms with E-state index in [1.165, 1.54) is 12.1 Å². The van der Waals surface area contributed by atoms with E-state index < -0.39 is 5.92 Å². The van der Waals surface area contributed by atoms with Crippen LogP contribution in [0.1, 0.15) is 53.6 Å². The van der Waals surface area contributed by atoms with Gasteiger partial charge in [-0.3, -0.25) is 0 Å². The Balaban J connectivity index is 1.72. The number of rotatable bonds is 2. The van der Waals surface area contributed by atoms with Gasteiger partial charge >= 0.3 is 0 Å². The zero-order valence-corrected chi connectivity index (χ0v) is 13.0. The van der Waals surface area contributed by atoms with Crippen LogP contribution < -0.4 is 0 Å². The molecule has 4 rings (SSSR count). The minimum absolute atomic E-state index is 0.0189. The molecule has 1 fully saturated rings. The van der Waals surface area contributed by atoms with E-state index in [0.717, 1.165) is 29.7 Å². The standard InChI is InChI=1S/C17H14ClF3N2/c18-16-22-14(10-7-17(20,21)8-10)13-6-5-12(15(13)23-16)9-1-3-11(19)4-2-9/h1-4,10,12H,5-8H2. The summed E-state index contributed by atoms with van der Waals surface area (Å²) in [6.07, 6.45) is 1.21. The summed E-state index contributed by atoms with van der Waals surface area (Å²) in [5.41, 5.74) is 3.39. The van der Waals surface area contributed by atoms with E-state index in [1.54, 1.807) is 12.1 Å². The summed E-state index contributed by atoms with van der Waals surface area (Å²) in [5.74, 6) is -3.11. The lowest BCUT2D eigenvalue weighted by atomic mass is 9.77. The first-order valence-corrected chi connectivity index (χ1v) is 8.00. The second-order valence-electron chi connectivity index (χ2n) is 6.35. The first-order valence-electron chi connectivity index (χ1n) is 7.62. The Hall–Kier alpha value is -1.62. The molecule has 2 nitrogen and oxygen atoms in total. The molecule has 0 amide bonds. The van der Waals surface area contributed by atoms with Crippen molar-refractivity contribution in [1.82, 2.24) is 9.97 Å². The zero-order chi connectivity index (χ0) is 16.2. The molecule has 2 aliphatic rings. The van der Waals surface area contributed by atoms with Gasteiger partial charge in [-0.2, -0.15) is 0 Å². The van der Waals surface area contributed by atoms with Crippen LogP contribution in [0.25, 0.3) is 0 Å². The third-order valence-electron chi connectivity index (χ3n) is 4.81.